The van der Waals surface area contributed by atoms with Crippen molar-refractivity contribution in [1.82, 2.24) is 14.7 Å². The van der Waals surface area contributed by atoms with Crippen LogP contribution in [0.25, 0.3) is 0 Å². The van der Waals surface area contributed by atoms with E-state index in [1.54, 1.807) is 6.20 Å². The zero-order chi connectivity index (χ0) is 15.3. The van der Waals surface area contributed by atoms with Crippen molar-refractivity contribution in [2.45, 2.75) is 26.4 Å². The largest absolute Gasteiger partial charge is 0.378 e. The molecule has 1 aromatic heterocycles. The zero-order valence-corrected chi connectivity index (χ0v) is 13.9. The lowest BCUT2D eigenvalue weighted by molar-refractivity contribution is 0.344. The predicted octanol–water partition coefficient (Wildman–Crippen LogP) is 1.64. The number of nitrogens with one attached hydrogen (secondary N) is 1. The van der Waals surface area contributed by atoms with Crippen LogP contribution in [0, 0.1) is 18.3 Å². The fourth-order valence-corrected chi connectivity index (χ4v) is 2.20. The van der Waals surface area contributed by atoms with E-state index in [-0.39, 0.29) is 18.1 Å². The molecule has 0 bridgehead atoms. The van der Waals surface area contributed by atoms with Crippen LogP contribution in [0.5, 0.6) is 0 Å². The second-order valence-electron chi connectivity index (χ2n) is 5.30. The Morgan fingerprint density at radius 2 is 2.20 bits per heavy atom. The van der Waals surface area contributed by atoms with Gasteiger partial charge in [-0.05, 0) is 35.9 Å². The molecule has 1 N–H and O–H groups in total. The highest BCUT2D eigenvalue weighted by atomic mass is 79.9. The van der Waals surface area contributed by atoms with E-state index in [0.717, 1.165) is 6.54 Å². The molecule has 0 aliphatic rings. The van der Waals surface area contributed by atoms with Crippen molar-refractivity contribution >= 4 is 21.6 Å². The second kappa shape index (κ2) is 7.46. The molecule has 0 radical (unpaired) electrons. The number of halogens is 1. The summed E-state index contributed by atoms with van der Waals surface area (Å²) in [4.78, 5) is 14.2. The lowest BCUT2D eigenvalue weighted by Crippen LogP contribution is -2.37. The third-order valence-electron chi connectivity index (χ3n) is 2.93. The van der Waals surface area contributed by atoms with Crippen molar-refractivity contribution in [2.75, 3.05) is 26.0 Å². The van der Waals surface area contributed by atoms with E-state index in [1.165, 1.54) is 4.68 Å². The van der Waals surface area contributed by atoms with Crippen LogP contribution in [0.4, 0.5) is 5.69 Å². The predicted molar refractivity (Wildman–Crippen MR) is 85.8 cm³/mol. The maximum absolute atomic E-state index is 12.1. The lowest BCUT2D eigenvalue weighted by Gasteiger charge is -2.26. The molecule has 0 fully saturated rings. The smallest absolute Gasteiger partial charge is 0.284 e. The molecule has 6 heteroatoms. The SMILES string of the molecule is C#CCn1ncc(NC(CN(C)C)C(C)C)c(Br)c1=O. The molecule has 0 saturated carbocycles. The summed E-state index contributed by atoms with van der Waals surface area (Å²) >= 11 is 3.33. The first kappa shape index (κ1) is 16.7. The minimum Gasteiger partial charge on any atom is -0.378 e. The first-order valence-corrected chi connectivity index (χ1v) is 7.26. The standard InChI is InChI=1S/C14H21BrN4O/c1-6-7-19-14(20)13(15)11(8-16-19)17-12(10(2)3)9-18(4)5/h1,8,10,12,17H,7,9H2,2-5H3. The van der Waals surface area contributed by atoms with Gasteiger partial charge in [0.2, 0.25) is 0 Å². The summed E-state index contributed by atoms with van der Waals surface area (Å²) in [7, 11) is 4.05. The van der Waals surface area contributed by atoms with Crippen LogP contribution in [-0.2, 0) is 6.54 Å². The third kappa shape index (κ3) is 4.36. The third-order valence-corrected chi connectivity index (χ3v) is 3.70. The molecule has 110 valence electrons. The Morgan fingerprint density at radius 3 is 2.70 bits per heavy atom. The Hall–Kier alpha value is -1.32. The fourth-order valence-electron chi connectivity index (χ4n) is 1.78. The lowest BCUT2D eigenvalue weighted by atomic mass is 10.0. The second-order valence-corrected chi connectivity index (χ2v) is 6.09. The molecule has 1 rings (SSSR count). The summed E-state index contributed by atoms with van der Waals surface area (Å²) in [6, 6.07) is 0.228. The van der Waals surface area contributed by atoms with E-state index in [4.69, 9.17) is 6.42 Å². The maximum Gasteiger partial charge on any atom is 0.284 e. The monoisotopic (exact) mass is 340 g/mol. The summed E-state index contributed by atoms with van der Waals surface area (Å²) in [6.45, 7) is 5.32. The summed E-state index contributed by atoms with van der Waals surface area (Å²) in [5.74, 6) is 2.84. The average molecular weight is 341 g/mol. The van der Waals surface area contributed by atoms with Crippen LogP contribution in [0.3, 0.4) is 0 Å². The van der Waals surface area contributed by atoms with Gasteiger partial charge in [0.05, 0.1) is 11.9 Å². The maximum atomic E-state index is 12.1. The first-order chi connectivity index (χ1) is 9.36. The van der Waals surface area contributed by atoms with Crippen LogP contribution < -0.4 is 10.9 Å². The van der Waals surface area contributed by atoms with Gasteiger partial charge in [0.1, 0.15) is 11.0 Å². The zero-order valence-electron chi connectivity index (χ0n) is 12.4. The van der Waals surface area contributed by atoms with Gasteiger partial charge in [-0.3, -0.25) is 4.79 Å². The number of aromatic nitrogens is 2. The molecule has 1 unspecified atom stereocenters. The number of nitrogens with zero attached hydrogens (tertiary/aromatic N) is 3. The Labute approximate surface area is 128 Å². The number of terminal acetylenes is 1. The summed E-state index contributed by atoms with van der Waals surface area (Å²) < 4.78 is 1.72. The average Bonchev–Trinajstić information content (AvgIpc) is 2.36. The normalized spacial score (nSPS) is 12.5. The molecular formula is C14H21BrN4O. The Kier molecular flexibility index (Phi) is 6.24. The number of rotatable bonds is 6. The minimum atomic E-state index is -0.222. The molecule has 1 aromatic rings. The van der Waals surface area contributed by atoms with Gasteiger partial charge >= 0.3 is 0 Å². The van der Waals surface area contributed by atoms with E-state index in [0.29, 0.717) is 16.1 Å². The van der Waals surface area contributed by atoms with Crippen molar-refractivity contribution in [3.63, 3.8) is 0 Å². The molecular weight excluding hydrogens is 320 g/mol. The van der Waals surface area contributed by atoms with Gasteiger partial charge < -0.3 is 10.2 Å². The fraction of sp³-hybridized carbons (Fsp3) is 0.571. The van der Waals surface area contributed by atoms with Gasteiger partial charge in [-0.25, -0.2) is 4.68 Å². The topological polar surface area (TPSA) is 50.2 Å². The van der Waals surface area contributed by atoms with Gasteiger partial charge in [-0.1, -0.05) is 19.8 Å². The number of anilines is 1. The number of hydrogen-bond acceptors (Lipinski definition) is 4. The quantitative estimate of drug-likeness (QED) is 0.800. The molecule has 5 nitrogen and oxygen atoms in total. The highest BCUT2D eigenvalue weighted by Gasteiger charge is 2.17. The van der Waals surface area contributed by atoms with E-state index >= 15 is 0 Å². The summed E-state index contributed by atoms with van der Waals surface area (Å²) in [5.41, 5.74) is 0.476. The summed E-state index contributed by atoms with van der Waals surface area (Å²) in [6.07, 6.45) is 6.84. The number of hydrogen-bond donors (Lipinski definition) is 1. The van der Waals surface area contributed by atoms with Gasteiger partial charge in [-0.2, -0.15) is 5.10 Å². The van der Waals surface area contributed by atoms with E-state index < -0.39 is 0 Å². The van der Waals surface area contributed by atoms with Crippen LogP contribution in [0.1, 0.15) is 13.8 Å². The van der Waals surface area contributed by atoms with E-state index in [1.807, 2.05) is 14.1 Å². The van der Waals surface area contributed by atoms with Gasteiger partial charge in [0.25, 0.3) is 5.56 Å². The first-order valence-electron chi connectivity index (χ1n) is 6.47. The van der Waals surface area contributed by atoms with Gasteiger partial charge in [0, 0.05) is 12.6 Å². The Bertz CT molecular complexity index is 545. The van der Waals surface area contributed by atoms with Crippen molar-refractivity contribution in [1.29, 1.82) is 0 Å². The van der Waals surface area contributed by atoms with Crippen LogP contribution in [0.2, 0.25) is 0 Å². The minimum absolute atomic E-state index is 0.170. The van der Waals surface area contributed by atoms with Crippen LogP contribution in [-0.4, -0.2) is 41.4 Å². The molecule has 0 spiro atoms. The molecule has 20 heavy (non-hydrogen) atoms. The molecule has 0 aliphatic heterocycles. The van der Waals surface area contributed by atoms with Crippen molar-refractivity contribution in [2.24, 2.45) is 5.92 Å². The Morgan fingerprint density at radius 1 is 1.55 bits per heavy atom. The number of likely N-dealkylation sites (N-methyl/N-ethyl adjacent to an activating group) is 1. The van der Waals surface area contributed by atoms with E-state index in [2.05, 4.69) is 51.0 Å². The van der Waals surface area contributed by atoms with E-state index in [9.17, 15) is 4.79 Å². The highest BCUT2D eigenvalue weighted by Crippen LogP contribution is 2.19. The van der Waals surface area contributed by atoms with Crippen LogP contribution >= 0.6 is 15.9 Å². The molecule has 0 amide bonds. The summed E-state index contributed by atoms with van der Waals surface area (Å²) in [5, 5.41) is 7.45. The van der Waals surface area contributed by atoms with Crippen molar-refractivity contribution in [3.8, 4) is 12.3 Å². The van der Waals surface area contributed by atoms with Gasteiger partial charge in [0.15, 0.2) is 0 Å². The molecule has 0 aromatic carbocycles. The molecule has 0 aliphatic carbocycles. The van der Waals surface area contributed by atoms with Crippen molar-refractivity contribution in [3.05, 3.63) is 21.0 Å². The molecule has 0 saturated heterocycles. The molecule has 1 atom stereocenters. The molecule has 1 heterocycles. The van der Waals surface area contributed by atoms with Crippen molar-refractivity contribution < 1.29 is 0 Å². The van der Waals surface area contributed by atoms with Crippen LogP contribution in [0.15, 0.2) is 15.5 Å². The Balaban J connectivity index is 3.00. The van der Waals surface area contributed by atoms with Gasteiger partial charge in [-0.15, -0.1) is 6.42 Å². The highest BCUT2D eigenvalue weighted by molar-refractivity contribution is 9.10.